The Morgan fingerprint density at radius 3 is 2.61 bits per heavy atom. The zero-order valence-electron chi connectivity index (χ0n) is 21.8. The molecule has 4 aromatic rings. The summed E-state index contributed by atoms with van der Waals surface area (Å²) in [5.74, 6) is -2.64. The summed E-state index contributed by atoms with van der Waals surface area (Å²) in [6.45, 7) is 0. The third kappa shape index (κ3) is 5.70. The van der Waals surface area contributed by atoms with Gasteiger partial charge in [0.2, 0.25) is 17.7 Å². The number of rotatable bonds is 8. The number of carbonyl (C=O) groups excluding carboxylic acids is 1. The number of amides is 1. The molecule has 0 aliphatic heterocycles. The summed E-state index contributed by atoms with van der Waals surface area (Å²) in [6.07, 6.45) is 5.76. The quantitative estimate of drug-likeness (QED) is 0.270. The Morgan fingerprint density at radius 2 is 1.85 bits per heavy atom. The molecule has 0 unspecified atom stereocenters. The van der Waals surface area contributed by atoms with Crippen molar-refractivity contribution >= 4 is 50.2 Å². The maximum Gasteiger partial charge on any atom is 0.268 e. The lowest BCUT2D eigenvalue weighted by atomic mass is 10.0. The van der Waals surface area contributed by atoms with E-state index in [9.17, 15) is 13.2 Å². The van der Waals surface area contributed by atoms with E-state index in [4.69, 9.17) is 16.3 Å². The number of halogens is 3. The largest absolute Gasteiger partial charge is 0.480 e. The molecule has 3 heterocycles. The number of sulfonamides is 1. The van der Waals surface area contributed by atoms with Gasteiger partial charge in [0.05, 0.1) is 23.0 Å². The molecule has 0 saturated heterocycles. The van der Waals surface area contributed by atoms with Gasteiger partial charge in [-0.1, -0.05) is 11.6 Å². The van der Waals surface area contributed by atoms with Crippen LogP contribution in [0.3, 0.4) is 0 Å². The Balaban J connectivity index is 1.42. The zero-order chi connectivity index (χ0) is 29.3. The van der Waals surface area contributed by atoms with E-state index in [1.807, 2.05) is 0 Å². The monoisotopic (exact) mass is 603 g/mol. The fourth-order valence-corrected chi connectivity index (χ4v) is 6.12. The van der Waals surface area contributed by atoms with Crippen LogP contribution in [-0.4, -0.2) is 54.5 Å². The summed E-state index contributed by atoms with van der Waals surface area (Å²) in [7, 11) is -1.61. The van der Waals surface area contributed by atoms with Crippen LogP contribution in [0.4, 0.5) is 20.5 Å². The number of aromatic nitrogens is 4. The van der Waals surface area contributed by atoms with Crippen LogP contribution >= 0.6 is 11.6 Å². The topological polar surface area (TPSA) is 148 Å². The average molecular weight is 604 g/mol. The summed E-state index contributed by atoms with van der Waals surface area (Å²) in [5.41, 5.74) is -0.101. The number of nitrogens with zero attached hydrogens (tertiary/aromatic N) is 4. The van der Waals surface area contributed by atoms with E-state index >= 15 is 8.78 Å². The summed E-state index contributed by atoms with van der Waals surface area (Å²) in [5, 5.41) is 5.90. The van der Waals surface area contributed by atoms with Crippen LogP contribution in [0.25, 0.3) is 22.0 Å². The van der Waals surface area contributed by atoms with Gasteiger partial charge >= 0.3 is 0 Å². The molecule has 0 radical (unpaired) electrons. The highest BCUT2D eigenvalue weighted by molar-refractivity contribution is 7.92. The van der Waals surface area contributed by atoms with Crippen LogP contribution < -0.4 is 20.1 Å². The first-order chi connectivity index (χ1) is 19.6. The Hall–Kier alpha value is -4.17. The fraction of sp³-hybridized carbons (Fsp3) is 0.269. The molecule has 11 nitrogen and oxygen atoms in total. The molecule has 0 bridgehead atoms. The van der Waals surface area contributed by atoms with Gasteiger partial charge in [0, 0.05) is 48.7 Å². The number of pyridine rings is 2. The predicted molar refractivity (Wildman–Crippen MR) is 148 cm³/mol. The summed E-state index contributed by atoms with van der Waals surface area (Å²) in [6, 6.07) is 5.16. The second-order valence-electron chi connectivity index (χ2n) is 9.31. The van der Waals surface area contributed by atoms with E-state index in [2.05, 4.69) is 35.3 Å². The number of benzene rings is 1. The van der Waals surface area contributed by atoms with Crippen LogP contribution in [0.5, 0.6) is 5.88 Å². The SMILES string of the molecule is CNC(=O)[C@@H]1CC[C@@H](Nc2ncc3c(F)c(-c4ccnc(NS(=O)(=O)c5cc(Cl)cnc5OC)c4F)ccc3n2)C1. The van der Waals surface area contributed by atoms with Crippen molar-refractivity contribution in [3.05, 3.63) is 59.5 Å². The first-order valence-corrected chi connectivity index (χ1v) is 14.3. The first kappa shape index (κ1) is 28.4. The molecule has 1 fully saturated rings. The van der Waals surface area contributed by atoms with Gasteiger partial charge < -0.3 is 15.4 Å². The maximum atomic E-state index is 15.6. The number of hydrogen-bond donors (Lipinski definition) is 3. The third-order valence-corrected chi connectivity index (χ3v) is 8.30. The lowest BCUT2D eigenvalue weighted by molar-refractivity contribution is -0.124. The molecule has 1 amide bonds. The number of anilines is 2. The molecule has 1 aromatic carbocycles. The number of methoxy groups -OCH3 is 1. The van der Waals surface area contributed by atoms with E-state index in [1.165, 1.54) is 37.7 Å². The minimum atomic E-state index is -4.44. The second-order valence-corrected chi connectivity index (χ2v) is 11.4. The van der Waals surface area contributed by atoms with E-state index in [1.54, 1.807) is 7.05 Å². The van der Waals surface area contributed by atoms with Gasteiger partial charge in [0.25, 0.3) is 10.0 Å². The molecule has 3 N–H and O–H groups in total. The molecular formula is C26H24ClF2N7O4S. The van der Waals surface area contributed by atoms with Gasteiger partial charge in [0.1, 0.15) is 5.82 Å². The fourth-order valence-electron chi connectivity index (χ4n) is 4.75. The summed E-state index contributed by atoms with van der Waals surface area (Å²) >= 11 is 5.89. The van der Waals surface area contributed by atoms with Crippen LogP contribution in [0, 0.1) is 17.6 Å². The van der Waals surface area contributed by atoms with Crippen LogP contribution in [0.2, 0.25) is 5.02 Å². The highest BCUT2D eigenvalue weighted by atomic mass is 35.5. The van der Waals surface area contributed by atoms with Crippen LogP contribution in [0.15, 0.2) is 47.8 Å². The highest BCUT2D eigenvalue weighted by Crippen LogP contribution is 2.34. The molecule has 3 aromatic heterocycles. The smallest absolute Gasteiger partial charge is 0.268 e. The number of hydrogen-bond acceptors (Lipinski definition) is 9. The van der Waals surface area contributed by atoms with Crippen LogP contribution in [-0.2, 0) is 14.8 Å². The van der Waals surface area contributed by atoms with E-state index in [-0.39, 0.29) is 56.7 Å². The molecule has 0 spiro atoms. The van der Waals surface area contributed by atoms with Crippen molar-refractivity contribution in [1.82, 2.24) is 25.3 Å². The van der Waals surface area contributed by atoms with Crippen molar-refractivity contribution in [2.24, 2.45) is 5.92 Å². The first-order valence-electron chi connectivity index (χ1n) is 12.4. The molecule has 214 valence electrons. The van der Waals surface area contributed by atoms with Crippen molar-refractivity contribution in [3.63, 3.8) is 0 Å². The Labute approximate surface area is 238 Å². The van der Waals surface area contributed by atoms with Gasteiger partial charge in [-0.2, -0.15) is 0 Å². The Morgan fingerprint density at radius 1 is 1.07 bits per heavy atom. The third-order valence-electron chi connectivity index (χ3n) is 6.76. The van der Waals surface area contributed by atoms with Gasteiger partial charge in [-0.3, -0.25) is 9.52 Å². The lowest BCUT2D eigenvalue weighted by Gasteiger charge is -2.14. The van der Waals surface area contributed by atoms with Crippen molar-refractivity contribution < 1.29 is 26.7 Å². The minimum Gasteiger partial charge on any atom is -0.480 e. The van der Waals surface area contributed by atoms with Gasteiger partial charge in [0.15, 0.2) is 16.5 Å². The van der Waals surface area contributed by atoms with Crippen molar-refractivity contribution in [3.8, 4) is 17.0 Å². The highest BCUT2D eigenvalue weighted by Gasteiger charge is 2.30. The number of ether oxygens (including phenoxy) is 1. The van der Waals surface area contributed by atoms with Crippen molar-refractivity contribution in [1.29, 1.82) is 0 Å². The van der Waals surface area contributed by atoms with E-state index < -0.39 is 32.4 Å². The lowest BCUT2D eigenvalue weighted by Crippen LogP contribution is -2.27. The second kappa shape index (κ2) is 11.4. The molecular weight excluding hydrogens is 580 g/mol. The standard InChI is InChI=1S/C26H24ClF2N7O4S/c1-30-24(37)13-3-4-15(9-13)34-26-33-12-18-19(35-26)6-5-16(21(18)28)17-7-8-31-23(22(17)29)36-41(38,39)20-10-14(27)11-32-25(20)40-2/h5-8,10-13,15H,3-4,9H2,1-2H3,(H,30,37)(H,31,36)(H,33,34,35)/t13-,15-/m1/s1. The van der Waals surface area contributed by atoms with E-state index in [0.29, 0.717) is 6.42 Å². The molecule has 1 aliphatic carbocycles. The van der Waals surface area contributed by atoms with Crippen molar-refractivity contribution in [2.75, 3.05) is 24.2 Å². The number of nitrogens with one attached hydrogen (secondary N) is 3. The number of carbonyl (C=O) groups is 1. The van der Waals surface area contributed by atoms with Gasteiger partial charge in [-0.15, -0.1) is 0 Å². The minimum absolute atomic E-state index is 0.00496. The van der Waals surface area contributed by atoms with Gasteiger partial charge in [-0.25, -0.2) is 37.1 Å². The molecule has 2 atom stereocenters. The average Bonchev–Trinajstić information content (AvgIpc) is 3.42. The predicted octanol–water partition coefficient (Wildman–Crippen LogP) is 4.15. The molecule has 15 heteroatoms. The molecule has 1 aliphatic rings. The maximum absolute atomic E-state index is 15.6. The molecule has 5 rings (SSSR count). The molecule has 1 saturated carbocycles. The molecule has 41 heavy (non-hydrogen) atoms. The summed E-state index contributed by atoms with van der Waals surface area (Å²) in [4.78, 5) is 27.7. The van der Waals surface area contributed by atoms with Gasteiger partial charge in [-0.05, 0) is 43.5 Å². The Kier molecular flexibility index (Phi) is 7.87. The normalized spacial score (nSPS) is 16.9. The number of fused-ring (bicyclic) bond motifs is 1. The van der Waals surface area contributed by atoms with Crippen LogP contribution in [0.1, 0.15) is 19.3 Å². The van der Waals surface area contributed by atoms with E-state index in [0.717, 1.165) is 25.1 Å². The summed E-state index contributed by atoms with van der Waals surface area (Å²) < 4.78 is 64.2. The zero-order valence-corrected chi connectivity index (χ0v) is 23.4. The van der Waals surface area contributed by atoms with Crippen molar-refractivity contribution in [2.45, 2.75) is 30.2 Å². The Bertz CT molecular complexity index is 1760.